The average molecular weight is 518 g/mol. The Balaban J connectivity index is 1.32. The Labute approximate surface area is 223 Å². The van der Waals surface area contributed by atoms with Crippen molar-refractivity contribution < 1.29 is 4.79 Å². The van der Waals surface area contributed by atoms with Gasteiger partial charge in [0, 0.05) is 41.6 Å². The molecular weight excluding hydrogens is 487 g/mol. The number of nitrogens with one attached hydrogen (secondary N) is 1. The molecule has 1 fully saturated rings. The van der Waals surface area contributed by atoms with Gasteiger partial charge in [-0.05, 0) is 58.9 Å². The summed E-state index contributed by atoms with van der Waals surface area (Å²) in [6.07, 6.45) is 2.75. The molecule has 0 spiro atoms. The maximum absolute atomic E-state index is 13.6. The molecule has 1 saturated heterocycles. The Morgan fingerprint density at radius 2 is 1.61 bits per heavy atom. The summed E-state index contributed by atoms with van der Waals surface area (Å²) in [4.78, 5) is 15.7. The van der Waals surface area contributed by atoms with E-state index in [9.17, 15) is 4.79 Å². The first-order chi connectivity index (χ1) is 17.5. The number of benzene rings is 4. The van der Waals surface area contributed by atoms with Gasteiger partial charge in [-0.3, -0.25) is 4.79 Å². The van der Waals surface area contributed by atoms with Crippen LogP contribution in [0, 0.1) is 0 Å². The zero-order valence-corrected chi connectivity index (χ0v) is 21.7. The SMILES string of the molecule is O=C(CCc1ccc(Cl)cc1Cl)N1C[C@H](Cc2ccccc2)NC[C@H]1Cc1ccc2ccccc2c1. The zero-order chi connectivity index (χ0) is 24.9. The molecule has 5 rings (SSSR count). The summed E-state index contributed by atoms with van der Waals surface area (Å²) < 4.78 is 0. The van der Waals surface area contributed by atoms with Crippen LogP contribution in [0.25, 0.3) is 10.8 Å². The minimum absolute atomic E-state index is 0.103. The van der Waals surface area contributed by atoms with Gasteiger partial charge in [0.25, 0.3) is 0 Å². The topological polar surface area (TPSA) is 32.3 Å². The van der Waals surface area contributed by atoms with E-state index in [-0.39, 0.29) is 18.0 Å². The third-order valence-electron chi connectivity index (χ3n) is 7.05. The van der Waals surface area contributed by atoms with Crippen molar-refractivity contribution in [2.45, 2.75) is 37.8 Å². The second-order valence-corrected chi connectivity index (χ2v) is 10.5. The molecule has 4 aromatic rings. The Morgan fingerprint density at radius 1 is 0.833 bits per heavy atom. The van der Waals surface area contributed by atoms with E-state index in [0.717, 1.165) is 24.9 Å². The van der Waals surface area contributed by atoms with Gasteiger partial charge in [0.2, 0.25) is 5.91 Å². The number of hydrogen-bond acceptors (Lipinski definition) is 2. The third kappa shape index (κ3) is 6.10. The van der Waals surface area contributed by atoms with E-state index in [0.29, 0.717) is 29.4 Å². The fraction of sp³-hybridized carbons (Fsp3) is 0.258. The Kier molecular flexibility index (Phi) is 7.91. The molecule has 1 aliphatic heterocycles. The molecule has 5 heteroatoms. The first-order valence-electron chi connectivity index (χ1n) is 12.5. The van der Waals surface area contributed by atoms with Crippen molar-refractivity contribution >= 4 is 39.9 Å². The number of rotatable bonds is 7. The molecule has 0 bridgehead atoms. The van der Waals surface area contributed by atoms with Crippen LogP contribution < -0.4 is 5.32 Å². The first kappa shape index (κ1) is 24.8. The maximum atomic E-state index is 13.6. The molecule has 36 heavy (non-hydrogen) atoms. The highest BCUT2D eigenvalue weighted by atomic mass is 35.5. The van der Waals surface area contributed by atoms with Gasteiger partial charge in [-0.15, -0.1) is 0 Å². The predicted molar refractivity (Wildman–Crippen MR) is 150 cm³/mol. The van der Waals surface area contributed by atoms with E-state index < -0.39 is 0 Å². The molecule has 1 N–H and O–H groups in total. The fourth-order valence-corrected chi connectivity index (χ4v) is 5.64. The number of amides is 1. The van der Waals surface area contributed by atoms with Crippen LogP contribution in [0.2, 0.25) is 10.0 Å². The number of carbonyl (C=O) groups excluding carboxylic acids is 1. The molecule has 2 atom stereocenters. The quantitative estimate of drug-likeness (QED) is 0.295. The lowest BCUT2D eigenvalue weighted by Crippen LogP contribution is -2.59. The van der Waals surface area contributed by atoms with Crippen LogP contribution >= 0.6 is 23.2 Å². The van der Waals surface area contributed by atoms with Crippen LogP contribution in [0.5, 0.6) is 0 Å². The van der Waals surface area contributed by atoms with E-state index in [1.165, 1.54) is 21.9 Å². The number of hydrogen-bond donors (Lipinski definition) is 1. The largest absolute Gasteiger partial charge is 0.337 e. The smallest absolute Gasteiger partial charge is 0.223 e. The highest BCUT2D eigenvalue weighted by molar-refractivity contribution is 6.35. The molecule has 184 valence electrons. The Morgan fingerprint density at radius 3 is 2.42 bits per heavy atom. The second-order valence-electron chi connectivity index (χ2n) is 9.62. The van der Waals surface area contributed by atoms with Gasteiger partial charge in [0.05, 0.1) is 0 Å². The molecule has 0 aliphatic carbocycles. The summed E-state index contributed by atoms with van der Waals surface area (Å²) in [6, 6.07) is 31.3. The molecular formula is C31H30Cl2N2O. The van der Waals surface area contributed by atoms with Crippen LogP contribution in [0.4, 0.5) is 0 Å². The lowest BCUT2D eigenvalue weighted by atomic mass is 9.96. The van der Waals surface area contributed by atoms with E-state index in [2.05, 4.69) is 76.9 Å². The number of aryl methyl sites for hydroxylation is 1. The molecule has 0 radical (unpaired) electrons. The second kappa shape index (κ2) is 11.5. The molecule has 0 unspecified atom stereocenters. The Hall–Kier alpha value is -2.85. The van der Waals surface area contributed by atoms with Crippen LogP contribution in [0.3, 0.4) is 0 Å². The molecule has 0 aromatic heterocycles. The van der Waals surface area contributed by atoms with Crippen LogP contribution in [0.1, 0.15) is 23.1 Å². The lowest BCUT2D eigenvalue weighted by Gasteiger charge is -2.41. The van der Waals surface area contributed by atoms with Crippen LogP contribution in [0.15, 0.2) is 91.0 Å². The molecule has 3 nitrogen and oxygen atoms in total. The number of nitrogens with zero attached hydrogens (tertiary/aromatic N) is 1. The van der Waals surface area contributed by atoms with Crippen LogP contribution in [-0.4, -0.2) is 36.0 Å². The minimum atomic E-state index is 0.103. The maximum Gasteiger partial charge on any atom is 0.223 e. The predicted octanol–water partition coefficient (Wildman–Crippen LogP) is 6.73. The summed E-state index contributed by atoms with van der Waals surface area (Å²) in [5.74, 6) is 0.173. The monoisotopic (exact) mass is 516 g/mol. The van der Waals surface area contributed by atoms with E-state index in [1.54, 1.807) is 6.07 Å². The van der Waals surface area contributed by atoms with Crippen LogP contribution in [-0.2, 0) is 24.1 Å². The van der Waals surface area contributed by atoms with Crippen molar-refractivity contribution in [3.8, 4) is 0 Å². The highest BCUT2D eigenvalue weighted by Gasteiger charge is 2.31. The van der Waals surface area contributed by atoms with Gasteiger partial charge >= 0.3 is 0 Å². The van der Waals surface area contributed by atoms with Gasteiger partial charge in [0.15, 0.2) is 0 Å². The number of carbonyl (C=O) groups is 1. The number of fused-ring (bicyclic) bond motifs is 1. The summed E-state index contributed by atoms with van der Waals surface area (Å²) in [5.41, 5.74) is 3.49. The van der Waals surface area contributed by atoms with Gasteiger partial charge in [0.1, 0.15) is 0 Å². The molecule has 0 saturated carbocycles. The van der Waals surface area contributed by atoms with Gasteiger partial charge in [-0.2, -0.15) is 0 Å². The lowest BCUT2D eigenvalue weighted by molar-refractivity contribution is -0.135. The van der Waals surface area contributed by atoms with Gasteiger partial charge in [-0.25, -0.2) is 0 Å². The number of halogens is 2. The van der Waals surface area contributed by atoms with Crippen molar-refractivity contribution in [2.24, 2.45) is 0 Å². The van der Waals surface area contributed by atoms with Crippen molar-refractivity contribution in [3.05, 3.63) is 118 Å². The summed E-state index contributed by atoms with van der Waals surface area (Å²) in [5, 5.41) is 7.41. The molecule has 1 amide bonds. The standard InChI is InChI=1S/C31H30Cl2N2O/c32-27-14-12-25(30(33)19-27)13-15-31(36)35-21-28(17-22-6-2-1-3-7-22)34-20-29(35)18-23-10-11-24-8-4-5-9-26(24)16-23/h1-12,14,16,19,28-29,34H,13,15,17-18,20-21H2/t28-,29+/m0/s1. The first-order valence-corrected chi connectivity index (χ1v) is 13.3. The molecule has 1 heterocycles. The van der Waals surface area contributed by atoms with E-state index in [1.807, 2.05) is 18.2 Å². The van der Waals surface area contributed by atoms with E-state index in [4.69, 9.17) is 23.2 Å². The summed E-state index contributed by atoms with van der Waals surface area (Å²) in [6.45, 7) is 1.47. The Bertz CT molecular complexity index is 1340. The van der Waals surface area contributed by atoms with Gasteiger partial charge < -0.3 is 10.2 Å². The normalized spacial score (nSPS) is 17.9. The minimum Gasteiger partial charge on any atom is -0.337 e. The molecule has 4 aromatic carbocycles. The fourth-order valence-electron chi connectivity index (χ4n) is 5.13. The number of piperazine rings is 1. The highest BCUT2D eigenvalue weighted by Crippen LogP contribution is 2.24. The van der Waals surface area contributed by atoms with Crippen molar-refractivity contribution in [2.75, 3.05) is 13.1 Å². The van der Waals surface area contributed by atoms with Gasteiger partial charge in [-0.1, -0.05) is 102 Å². The van der Waals surface area contributed by atoms with Crippen molar-refractivity contribution in [3.63, 3.8) is 0 Å². The third-order valence-corrected chi connectivity index (χ3v) is 7.64. The van der Waals surface area contributed by atoms with Crippen molar-refractivity contribution in [1.82, 2.24) is 10.2 Å². The average Bonchev–Trinajstić information content (AvgIpc) is 2.89. The summed E-state index contributed by atoms with van der Waals surface area (Å²) >= 11 is 12.4. The summed E-state index contributed by atoms with van der Waals surface area (Å²) in [7, 11) is 0. The van der Waals surface area contributed by atoms with Crippen molar-refractivity contribution in [1.29, 1.82) is 0 Å². The van der Waals surface area contributed by atoms with E-state index >= 15 is 0 Å². The zero-order valence-electron chi connectivity index (χ0n) is 20.2. The molecule has 1 aliphatic rings.